The topological polar surface area (TPSA) is 81.1 Å². The molecule has 0 spiro atoms. The van der Waals surface area contributed by atoms with Crippen LogP contribution in [0.4, 0.5) is 32.4 Å². The Balaban J connectivity index is 1.55. The Morgan fingerprint density at radius 2 is 2.10 bits per heavy atom. The third-order valence-corrected chi connectivity index (χ3v) is 6.47. The second kappa shape index (κ2) is 7.57. The summed E-state index contributed by atoms with van der Waals surface area (Å²) in [5.41, 5.74) is -2.71. The summed E-state index contributed by atoms with van der Waals surface area (Å²) in [5.74, 6) is -5.39. The number of likely N-dealkylation sites (tertiary alicyclic amines) is 1. The van der Waals surface area contributed by atoms with Gasteiger partial charge in [-0.2, -0.15) is 5.10 Å². The van der Waals surface area contributed by atoms with Crippen LogP contribution in [0.2, 0.25) is 0 Å². The van der Waals surface area contributed by atoms with Crippen molar-refractivity contribution in [1.29, 1.82) is 0 Å². The maximum Gasteiger partial charge on any atom is 0.321 e. The van der Waals surface area contributed by atoms with E-state index in [1.54, 1.807) is 0 Å². The van der Waals surface area contributed by atoms with Gasteiger partial charge in [-0.1, -0.05) is 0 Å². The number of alkyl halides is 4. The number of halogens is 5. The van der Waals surface area contributed by atoms with Gasteiger partial charge in [-0.15, -0.1) is 0 Å². The minimum Gasteiger partial charge on any atom is -0.393 e. The second-order valence-corrected chi connectivity index (χ2v) is 8.25. The number of anilines is 1. The van der Waals surface area contributed by atoms with E-state index in [0.29, 0.717) is 5.71 Å². The zero-order chi connectivity index (χ0) is 22.6. The van der Waals surface area contributed by atoms with Gasteiger partial charge in [0.25, 0.3) is 12.3 Å². The van der Waals surface area contributed by atoms with Crippen molar-refractivity contribution in [2.24, 2.45) is 11.0 Å². The van der Waals surface area contributed by atoms with Gasteiger partial charge in [0.2, 0.25) is 0 Å². The number of carbonyl (C=O) groups is 1. The van der Waals surface area contributed by atoms with Gasteiger partial charge < -0.3 is 15.3 Å². The number of amides is 2. The molecule has 0 bridgehead atoms. The number of carbonyl (C=O) groups excluding carboxylic acids is 1. The minimum atomic E-state index is -3.26. The highest BCUT2D eigenvalue weighted by Gasteiger charge is 2.64. The third kappa shape index (κ3) is 3.50. The molecule has 31 heavy (non-hydrogen) atoms. The van der Waals surface area contributed by atoms with Crippen LogP contribution in [0.5, 0.6) is 0 Å². The normalized spacial score (nSPS) is 29.9. The smallest absolute Gasteiger partial charge is 0.321 e. The fourth-order valence-electron chi connectivity index (χ4n) is 4.59. The van der Waals surface area contributed by atoms with E-state index in [1.165, 1.54) is 16.8 Å². The second-order valence-electron chi connectivity index (χ2n) is 8.25. The lowest BCUT2D eigenvalue weighted by atomic mass is 9.74. The van der Waals surface area contributed by atoms with E-state index in [-0.39, 0.29) is 32.5 Å². The molecule has 3 aliphatic heterocycles. The molecule has 3 atom stereocenters. The molecule has 1 aromatic heterocycles. The van der Waals surface area contributed by atoms with E-state index in [4.69, 9.17) is 0 Å². The van der Waals surface area contributed by atoms with E-state index in [1.807, 2.05) is 0 Å². The van der Waals surface area contributed by atoms with Crippen LogP contribution in [0.3, 0.4) is 0 Å². The lowest BCUT2D eigenvalue weighted by molar-refractivity contribution is -0.150. The number of aromatic nitrogens is 1. The summed E-state index contributed by atoms with van der Waals surface area (Å²) in [6.45, 7) is 1.61. The number of hydrazone groups is 1. The predicted octanol–water partition coefficient (Wildman–Crippen LogP) is 3.23. The Morgan fingerprint density at radius 3 is 2.81 bits per heavy atom. The Bertz CT molecular complexity index is 914. The molecule has 1 aromatic rings. The summed E-state index contributed by atoms with van der Waals surface area (Å²) in [4.78, 5) is 17.2. The molecule has 2 saturated heterocycles. The standard InChI is InChI=1S/C19H22F5N5O2/c1-18-11-9-28(17(31)26-13-2-5-25-15(14(13)20)16(21)22)6-4-12(11)27-29(18)7-3-10(30)8-19(18,23)24/h2,5,10-11,16,30H,3-4,6-9H2,1H3,(H,25,26,31)/t10-,11?,18?/m1/s1. The molecule has 0 aromatic carbocycles. The molecule has 2 fully saturated rings. The minimum absolute atomic E-state index is 0.0994. The monoisotopic (exact) mass is 447 g/mol. The first kappa shape index (κ1) is 21.7. The van der Waals surface area contributed by atoms with Crippen LogP contribution in [-0.2, 0) is 0 Å². The average molecular weight is 447 g/mol. The lowest BCUT2D eigenvalue weighted by Crippen LogP contribution is -2.62. The molecule has 4 heterocycles. The Hall–Kier alpha value is -2.50. The number of rotatable bonds is 2. The number of piperidine rings is 1. The fourth-order valence-corrected chi connectivity index (χ4v) is 4.59. The van der Waals surface area contributed by atoms with E-state index in [9.17, 15) is 23.1 Å². The number of fused-ring (bicyclic) bond motifs is 3. The molecule has 0 radical (unpaired) electrons. The van der Waals surface area contributed by atoms with Crippen molar-refractivity contribution in [1.82, 2.24) is 14.9 Å². The van der Waals surface area contributed by atoms with Gasteiger partial charge in [-0.3, -0.25) is 9.99 Å². The van der Waals surface area contributed by atoms with Gasteiger partial charge in [-0.25, -0.2) is 26.7 Å². The molecule has 4 rings (SSSR count). The summed E-state index contributed by atoms with van der Waals surface area (Å²) in [6.07, 6.45) is -3.64. The molecule has 2 amide bonds. The summed E-state index contributed by atoms with van der Waals surface area (Å²) >= 11 is 0. The number of hydrogen-bond acceptors (Lipinski definition) is 5. The Morgan fingerprint density at radius 1 is 1.35 bits per heavy atom. The number of pyridine rings is 1. The molecule has 2 unspecified atom stereocenters. The molecule has 0 aliphatic carbocycles. The van der Waals surface area contributed by atoms with Crippen molar-refractivity contribution in [3.8, 4) is 0 Å². The molecular weight excluding hydrogens is 425 g/mol. The Kier molecular flexibility index (Phi) is 5.31. The summed E-state index contributed by atoms with van der Waals surface area (Å²) in [6, 6.07) is 0.262. The maximum absolute atomic E-state index is 15.2. The number of hydrogen-bond donors (Lipinski definition) is 2. The number of aliphatic hydroxyl groups excluding tert-OH is 1. The van der Waals surface area contributed by atoms with Gasteiger partial charge in [-0.05, 0) is 19.4 Å². The summed E-state index contributed by atoms with van der Waals surface area (Å²) in [5, 5.41) is 17.8. The van der Waals surface area contributed by atoms with Gasteiger partial charge in [0.05, 0.1) is 11.8 Å². The highest BCUT2D eigenvalue weighted by Crippen LogP contribution is 2.50. The van der Waals surface area contributed by atoms with E-state index in [0.717, 1.165) is 12.3 Å². The molecule has 3 aliphatic rings. The van der Waals surface area contributed by atoms with Gasteiger partial charge in [0.1, 0.15) is 11.2 Å². The van der Waals surface area contributed by atoms with Crippen molar-refractivity contribution < 1.29 is 31.9 Å². The maximum atomic E-state index is 15.2. The molecule has 2 N–H and O–H groups in total. The third-order valence-electron chi connectivity index (χ3n) is 6.47. The quantitative estimate of drug-likeness (QED) is 0.683. The molecule has 0 saturated carbocycles. The first-order valence-electron chi connectivity index (χ1n) is 9.94. The van der Waals surface area contributed by atoms with Crippen LogP contribution in [0, 0.1) is 11.7 Å². The van der Waals surface area contributed by atoms with E-state index < -0.39 is 59.6 Å². The SMILES string of the molecule is CC12C3CN(C(=O)Nc4ccnc(C(F)F)c4F)CCC3=NN1CC[C@@H](O)CC2(F)F. The predicted molar refractivity (Wildman–Crippen MR) is 101 cm³/mol. The van der Waals surface area contributed by atoms with Crippen LogP contribution in [-0.4, -0.2) is 68.9 Å². The van der Waals surface area contributed by atoms with Crippen molar-refractivity contribution in [2.45, 2.75) is 50.2 Å². The number of aliphatic hydroxyl groups is 1. The van der Waals surface area contributed by atoms with Gasteiger partial charge in [0, 0.05) is 50.3 Å². The molecule has 170 valence electrons. The van der Waals surface area contributed by atoms with Crippen molar-refractivity contribution >= 4 is 17.4 Å². The highest BCUT2D eigenvalue weighted by atomic mass is 19.3. The van der Waals surface area contributed by atoms with Crippen LogP contribution in [0.1, 0.15) is 38.3 Å². The Labute approximate surface area is 174 Å². The van der Waals surface area contributed by atoms with Crippen LogP contribution >= 0.6 is 0 Å². The molecule has 12 heteroatoms. The molecular formula is C19H22F5N5O2. The van der Waals surface area contributed by atoms with Crippen molar-refractivity contribution in [2.75, 3.05) is 25.0 Å². The zero-order valence-corrected chi connectivity index (χ0v) is 16.7. The average Bonchev–Trinajstić information content (AvgIpc) is 2.96. The van der Waals surface area contributed by atoms with Gasteiger partial charge >= 0.3 is 6.03 Å². The number of urea groups is 1. The first-order chi connectivity index (χ1) is 14.5. The highest BCUT2D eigenvalue weighted by molar-refractivity contribution is 5.94. The first-order valence-corrected chi connectivity index (χ1v) is 9.94. The van der Waals surface area contributed by atoms with Crippen LogP contribution in [0.15, 0.2) is 17.4 Å². The lowest BCUT2D eigenvalue weighted by Gasteiger charge is -2.45. The summed E-state index contributed by atoms with van der Waals surface area (Å²) in [7, 11) is 0. The van der Waals surface area contributed by atoms with Crippen LogP contribution < -0.4 is 5.32 Å². The van der Waals surface area contributed by atoms with Crippen LogP contribution in [0.25, 0.3) is 0 Å². The van der Waals surface area contributed by atoms with Crippen molar-refractivity contribution in [3.63, 3.8) is 0 Å². The number of nitrogens with one attached hydrogen (secondary N) is 1. The zero-order valence-electron chi connectivity index (χ0n) is 16.7. The fraction of sp³-hybridized carbons (Fsp3) is 0.632. The van der Waals surface area contributed by atoms with E-state index in [2.05, 4.69) is 15.4 Å². The number of nitrogens with zero attached hydrogens (tertiary/aromatic N) is 4. The molecule has 7 nitrogen and oxygen atoms in total. The van der Waals surface area contributed by atoms with Gasteiger partial charge in [0.15, 0.2) is 5.82 Å². The largest absolute Gasteiger partial charge is 0.393 e. The summed E-state index contributed by atoms with van der Waals surface area (Å²) < 4.78 is 70.2. The van der Waals surface area contributed by atoms with E-state index >= 15 is 8.78 Å². The van der Waals surface area contributed by atoms with Crippen molar-refractivity contribution in [3.05, 3.63) is 23.8 Å².